The van der Waals surface area contributed by atoms with Gasteiger partial charge in [0.2, 0.25) is 0 Å². The van der Waals surface area contributed by atoms with Gasteiger partial charge in [-0.15, -0.1) is 11.3 Å². The molecule has 18 heavy (non-hydrogen) atoms. The van der Waals surface area contributed by atoms with E-state index in [0.717, 1.165) is 19.3 Å². The van der Waals surface area contributed by atoms with E-state index >= 15 is 0 Å². The fraction of sp³-hybridized carbons (Fsp3) is 0.733. The molecule has 0 spiro atoms. The highest BCUT2D eigenvalue weighted by Crippen LogP contribution is 2.50. The molecule has 1 fully saturated rings. The van der Waals surface area contributed by atoms with Gasteiger partial charge < -0.3 is 5.73 Å². The molecule has 0 aliphatic heterocycles. The largest absolute Gasteiger partial charge is 0.325 e. The van der Waals surface area contributed by atoms with Crippen LogP contribution in [0.15, 0.2) is 15.9 Å². The van der Waals surface area contributed by atoms with Crippen LogP contribution in [0.1, 0.15) is 51.8 Å². The lowest BCUT2D eigenvalue weighted by atomic mass is 9.58. The molecule has 0 saturated heterocycles. The second kappa shape index (κ2) is 4.60. The summed E-state index contributed by atoms with van der Waals surface area (Å²) in [5, 5.41) is 2.15. The number of halogens is 1. The van der Waals surface area contributed by atoms with Gasteiger partial charge in [-0.1, -0.05) is 27.7 Å². The Kier molecular flexibility index (Phi) is 3.72. The van der Waals surface area contributed by atoms with E-state index in [1.165, 1.54) is 15.8 Å². The standard InChI is InChI=1S/C15H24BrNS/c1-13(2)8-14(3,4)10-15(17,9-13)6-12-5-11(16)7-18-12/h5,7H,6,8-10,17H2,1-4H3. The van der Waals surface area contributed by atoms with Crippen molar-refractivity contribution in [2.75, 3.05) is 0 Å². The molecule has 1 aromatic rings. The summed E-state index contributed by atoms with van der Waals surface area (Å²) < 4.78 is 1.18. The first-order valence-corrected chi connectivity index (χ1v) is 8.28. The number of thiophene rings is 1. The molecule has 3 heteroatoms. The summed E-state index contributed by atoms with van der Waals surface area (Å²) in [4.78, 5) is 1.40. The van der Waals surface area contributed by atoms with Crippen LogP contribution in [0.5, 0.6) is 0 Å². The third kappa shape index (κ3) is 3.58. The van der Waals surface area contributed by atoms with Crippen LogP contribution in [0, 0.1) is 10.8 Å². The first-order valence-electron chi connectivity index (χ1n) is 6.61. The zero-order valence-electron chi connectivity index (χ0n) is 11.8. The predicted molar refractivity (Wildman–Crippen MR) is 84.1 cm³/mol. The Hall–Kier alpha value is 0.140. The van der Waals surface area contributed by atoms with Crippen molar-refractivity contribution < 1.29 is 0 Å². The normalized spacial score (nSPS) is 25.0. The molecule has 1 heterocycles. The quantitative estimate of drug-likeness (QED) is 0.812. The molecule has 1 aliphatic rings. The van der Waals surface area contributed by atoms with Crippen molar-refractivity contribution in [2.24, 2.45) is 16.6 Å². The first kappa shape index (κ1) is 14.5. The van der Waals surface area contributed by atoms with Gasteiger partial charge in [0.05, 0.1) is 0 Å². The Morgan fingerprint density at radius 2 is 1.72 bits per heavy atom. The van der Waals surface area contributed by atoms with E-state index in [1.807, 2.05) is 11.3 Å². The summed E-state index contributed by atoms with van der Waals surface area (Å²) in [6.45, 7) is 9.44. The maximum Gasteiger partial charge on any atom is 0.0285 e. The lowest BCUT2D eigenvalue weighted by Gasteiger charge is -2.50. The van der Waals surface area contributed by atoms with Gasteiger partial charge >= 0.3 is 0 Å². The lowest BCUT2D eigenvalue weighted by Crippen LogP contribution is -2.53. The Morgan fingerprint density at radius 3 is 2.17 bits per heavy atom. The minimum atomic E-state index is -0.0461. The van der Waals surface area contributed by atoms with E-state index in [-0.39, 0.29) is 5.54 Å². The SMILES string of the molecule is CC1(C)CC(C)(C)CC(N)(Cc2cc(Br)cs2)C1. The van der Waals surface area contributed by atoms with Crippen molar-refractivity contribution in [3.63, 3.8) is 0 Å². The molecule has 1 nitrogen and oxygen atoms in total. The molecule has 2 rings (SSSR count). The Balaban J connectivity index is 2.19. The van der Waals surface area contributed by atoms with Crippen molar-refractivity contribution >= 4 is 27.3 Å². The van der Waals surface area contributed by atoms with E-state index in [4.69, 9.17) is 5.73 Å². The van der Waals surface area contributed by atoms with Crippen LogP contribution in [-0.2, 0) is 6.42 Å². The van der Waals surface area contributed by atoms with Crippen LogP contribution in [0.3, 0.4) is 0 Å². The maximum absolute atomic E-state index is 6.74. The number of hydrogen-bond acceptors (Lipinski definition) is 2. The van der Waals surface area contributed by atoms with E-state index in [9.17, 15) is 0 Å². The van der Waals surface area contributed by atoms with Crippen LogP contribution in [-0.4, -0.2) is 5.54 Å². The molecular formula is C15H24BrNS. The molecule has 0 aromatic carbocycles. The van der Waals surface area contributed by atoms with E-state index in [2.05, 4.69) is 55.1 Å². The highest BCUT2D eigenvalue weighted by Gasteiger charge is 2.45. The summed E-state index contributed by atoms with van der Waals surface area (Å²) in [6, 6.07) is 2.22. The topological polar surface area (TPSA) is 26.0 Å². The third-order valence-electron chi connectivity index (χ3n) is 3.77. The van der Waals surface area contributed by atoms with E-state index < -0.39 is 0 Å². The van der Waals surface area contributed by atoms with Gasteiger partial charge in [-0.2, -0.15) is 0 Å². The minimum absolute atomic E-state index is 0.0461. The smallest absolute Gasteiger partial charge is 0.0285 e. The molecule has 0 amide bonds. The summed E-state index contributed by atoms with van der Waals surface area (Å²) in [5.41, 5.74) is 7.40. The summed E-state index contributed by atoms with van der Waals surface area (Å²) in [7, 11) is 0. The van der Waals surface area contributed by atoms with Gasteiger partial charge in [0.25, 0.3) is 0 Å². The Labute approximate surface area is 123 Å². The summed E-state index contributed by atoms with van der Waals surface area (Å²) >= 11 is 5.34. The monoisotopic (exact) mass is 329 g/mol. The second-order valence-corrected chi connectivity index (χ2v) is 9.54. The van der Waals surface area contributed by atoms with Crippen molar-refractivity contribution in [1.29, 1.82) is 0 Å². The van der Waals surface area contributed by atoms with E-state index in [0.29, 0.717) is 10.8 Å². The van der Waals surface area contributed by atoms with Crippen molar-refractivity contribution in [2.45, 2.75) is 58.9 Å². The highest BCUT2D eigenvalue weighted by molar-refractivity contribution is 9.10. The van der Waals surface area contributed by atoms with Gasteiger partial charge in [-0.05, 0) is 58.5 Å². The lowest BCUT2D eigenvalue weighted by molar-refractivity contribution is 0.0491. The van der Waals surface area contributed by atoms with Gasteiger partial charge in [-0.3, -0.25) is 0 Å². The Morgan fingerprint density at radius 1 is 1.17 bits per heavy atom. The summed E-state index contributed by atoms with van der Waals surface area (Å²) in [6.07, 6.45) is 4.53. The molecule has 0 unspecified atom stereocenters. The molecule has 0 bridgehead atoms. The second-order valence-electron chi connectivity index (χ2n) is 7.63. The van der Waals surface area contributed by atoms with Gasteiger partial charge in [0.1, 0.15) is 0 Å². The van der Waals surface area contributed by atoms with Crippen LogP contribution >= 0.6 is 27.3 Å². The van der Waals surface area contributed by atoms with Crippen molar-refractivity contribution in [3.05, 3.63) is 20.8 Å². The fourth-order valence-electron chi connectivity index (χ4n) is 4.31. The number of rotatable bonds is 2. The van der Waals surface area contributed by atoms with Crippen LogP contribution in [0.25, 0.3) is 0 Å². The maximum atomic E-state index is 6.74. The predicted octanol–water partition coefficient (Wildman–Crippen LogP) is 4.99. The molecule has 1 saturated carbocycles. The average molecular weight is 330 g/mol. The molecule has 1 aromatic heterocycles. The molecule has 2 N–H and O–H groups in total. The van der Waals surface area contributed by atoms with Crippen LogP contribution in [0.4, 0.5) is 0 Å². The van der Waals surface area contributed by atoms with E-state index in [1.54, 1.807) is 0 Å². The van der Waals surface area contributed by atoms with Crippen LogP contribution < -0.4 is 5.73 Å². The molecule has 102 valence electrons. The highest BCUT2D eigenvalue weighted by atomic mass is 79.9. The molecule has 0 atom stereocenters. The third-order valence-corrected chi connectivity index (χ3v) is 5.46. The van der Waals surface area contributed by atoms with Crippen molar-refractivity contribution in [3.8, 4) is 0 Å². The first-order chi connectivity index (χ1) is 8.09. The number of hydrogen-bond donors (Lipinski definition) is 1. The zero-order chi connectivity index (χ0) is 13.6. The fourth-order valence-corrected chi connectivity index (χ4v) is 5.91. The molecule has 1 aliphatic carbocycles. The van der Waals surface area contributed by atoms with Crippen LogP contribution in [0.2, 0.25) is 0 Å². The average Bonchev–Trinajstić information content (AvgIpc) is 2.42. The minimum Gasteiger partial charge on any atom is -0.325 e. The van der Waals surface area contributed by atoms with Gasteiger partial charge in [0, 0.05) is 20.3 Å². The van der Waals surface area contributed by atoms with Gasteiger partial charge in [0.15, 0.2) is 0 Å². The Bertz CT molecular complexity index is 417. The van der Waals surface area contributed by atoms with Crippen molar-refractivity contribution in [1.82, 2.24) is 0 Å². The number of nitrogens with two attached hydrogens (primary N) is 1. The molecule has 0 radical (unpaired) electrons. The van der Waals surface area contributed by atoms with Gasteiger partial charge in [-0.25, -0.2) is 0 Å². The summed E-state index contributed by atoms with van der Waals surface area (Å²) in [5.74, 6) is 0. The molecular weight excluding hydrogens is 306 g/mol. The zero-order valence-corrected chi connectivity index (χ0v) is 14.2.